The Kier molecular flexibility index (Phi) is 6.88. The number of fused-ring (bicyclic) bond motifs is 1. The number of rotatable bonds is 10. The van der Waals surface area contributed by atoms with E-state index in [1.54, 1.807) is 24.6 Å². The van der Waals surface area contributed by atoms with Crippen LogP contribution in [0, 0.1) is 0 Å². The van der Waals surface area contributed by atoms with Gasteiger partial charge >= 0.3 is 0 Å². The van der Waals surface area contributed by atoms with Gasteiger partial charge in [0.2, 0.25) is 5.91 Å². The third-order valence-corrected chi connectivity index (χ3v) is 7.84. The zero-order chi connectivity index (χ0) is 20.0. The molecule has 0 aliphatic rings. The first kappa shape index (κ1) is 20.6. The zero-order valence-electron chi connectivity index (χ0n) is 15.9. The Hall–Kier alpha value is -2.16. The molecule has 0 saturated carbocycles. The highest BCUT2D eigenvalue weighted by Crippen LogP contribution is 2.20. The number of aromatic nitrogens is 1. The molecule has 1 N–H and O–H groups in total. The van der Waals surface area contributed by atoms with Crippen LogP contribution < -0.4 is 5.32 Å². The molecule has 28 heavy (non-hydrogen) atoms. The highest BCUT2D eigenvalue weighted by atomic mass is 32.2. The van der Waals surface area contributed by atoms with Crippen LogP contribution in [0.2, 0.25) is 0 Å². The molecule has 6 nitrogen and oxygen atoms in total. The average molecular weight is 420 g/mol. The topological polar surface area (TPSA) is 71.4 Å². The summed E-state index contributed by atoms with van der Waals surface area (Å²) in [4.78, 5) is 12.0. The zero-order valence-corrected chi connectivity index (χ0v) is 17.5. The third-order valence-electron chi connectivity index (χ3n) is 4.61. The van der Waals surface area contributed by atoms with Crippen LogP contribution in [0.4, 0.5) is 0 Å². The molecule has 8 heteroatoms. The van der Waals surface area contributed by atoms with Crippen LogP contribution >= 0.6 is 11.3 Å². The van der Waals surface area contributed by atoms with Gasteiger partial charge in [-0.05, 0) is 41.8 Å². The van der Waals surface area contributed by atoms with Crippen molar-refractivity contribution in [3.05, 3.63) is 54.0 Å². The quantitative estimate of drug-likeness (QED) is 0.513. The van der Waals surface area contributed by atoms with Crippen LogP contribution in [-0.4, -0.2) is 43.3 Å². The maximum absolute atomic E-state index is 12.3. The SMILES string of the molecule is CN(CCCC(=O)NCCCn1ccc2ccccc21)S(=O)(=O)c1cccs1. The van der Waals surface area contributed by atoms with Crippen molar-refractivity contribution in [3.63, 3.8) is 0 Å². The fraction of sp³-hybridized carbons (Fsp3) is 0.350. The van der Waals surface area contributed by atoms with E-state index in [1.807, 2.05) is 12.1 Å². The molecule has 150 valence electrons. The summed E-state index contributed by atoms with van der Waals surface area (Å²) in [7, 11) is -1.89. The molecular weight excluding hydrogens is 394 g/mol. The van der Waals surface area contributed by atoms with Gasteiger partial charge in [-0.15, -0.1) is 11.3 Å². The smallest absolute Gasteiger partial charge is 0.252 e. The Balaban J connectivity index is 1.35. The van der Waals surface area contributed by atoms with Gasteiger partial charge in [0.05, 0.1) is 0 Å². The largest absolute Gasteiger partial charge is 0.356 e. The van der Waals surface area contributed by atoms with Crippen LogP contribution in [0.15, 0.2) is 58.3 Å². The average Bonchev–Trinajstić information content (AvgIpc) is 3.36. The van der Waals surface area contributed by atoms with E-state index in [1.165, 1.54) is 26.5 Å². The number of nitrogens with one attached hydrogen (secondary N) is 1. The summed E-state index contributed by atoms with van der Waals surface area (Å²) < 4.78 is 28.5. The number of carbonyl (C=O) groups excluding carboxylic acids is 1. The Morgan fingerprint density at radius 3 is 2.75 bits per heavy atom. The molecule has 2 heterocycles. The lowest BCUT2D eigenvalue weighted by Crippen LogP contribution is -2.29. The molecule has 0 aliphatic heterocycles. The third kappa shape index (κ3) is 5.01. The summed E-state index contributed by atoms with van der Waals surface area (Å²) in [5.74, 6) is -0.0423. The molecule has 0 radical (unpaired) electrons. The van der Waals surface area contributed by atoms with Crippen LogP contribution in [-0.2, 0) is 21.4 Å². The van der Waals surface area contributed by atoms with Gasteiger partial charge in [-0.2, -0.15) is 0 Å². The molecular formula is C20H25N3O3S2. The number of aryl methyl sites for hydroxylation is 1. The Morgan fingerprint density at radius 2 is 1.96 bits per heavy atom. The summed E-state index contributed by atoms with van der Waals surface area (Å²) >= 11 is 1.20. The van der Waals surface area contributed by atoms with Gasteiger partial charge in [-0.1, -0.05) is 24.3 Å². The van der Waals surface area contributed by atoms with E-state index in [4.69, 9.17) is 0 Å². The number of benzene rings is 1. The van der Waals surface area contributed by atoms with Crippen molar-refractivity contribution in [2.24, 2.45) is 0 Å². The van der Waals surface area contributed by atoms with E-state index in [0.29, 0.717) is 30.1 Å². The minimum Gasteiger partial charge on any atom is -0.356 e. The molecule has 3 rings (SSSR count). The second-order valence-electron chi connectivity index (χ2n) is 6.63. The molecule has 0 bridgehead atoms. The normalized spacial score (nSPS) is 11.9. The molecule has 0 atom stereocenters. The monoisotopic (exact) mass is 419 g/mol. The number of carbonyl (C=O) groups is 1. The van der Waals surface area contributed by atoms with Crippen molar-refractivity contribution in [2.75, 3.05) is 20.1 Å². The van der Waals surface area contributed by atoms with Crippen molar-refractivity contribution >= 4 is 38.2 Å². The number of sulfonamides is 1. The Labute approximate surface area is 169 Å². The van der Waals surface area contributed by atoms with Gasteiger partial charge in [0.15, 0.2) is 0 Å². The molecule has 0 saturated heterocycles. The number of hydrogen-bond acceptors (Lipinski definition) is 4. The number of nitrogens with zero attached hydrogens (tertiary/aromatic N) is 2. The van der Waals surface area contributed by atoms with Gasteiger partial charge in [0.1, 0.15) is 4.21 Å². The van der Waals surface area contributed by atoms with Crippen molar-refractivity contribution in [1.82, 2.24) is 14.2 Å². The fourth-order valence-electron chi connectivity index (χ4n) is 3.05. The number of para-hydroxylation sites is 1. The van der Waals surface area contributed by atoms with Crippen molar-refractivity contribution < 1.29 is 13.2 Å². The molecule has 0 unspecified atom stereocenters. The lowest BCUT2D eigenvalue weighted by Gasteiger charge is -2.15. The minimum absolute atomic E-state index is 0.0423. The van der Waals surface area contributed by atoms with E-state index in [9.17, 15) is 13.2 Å². The van der Waals surface area contributed by atoms with Crippen LogP contribution in [0.1, 0.15) is 19.3 Å². The summed E-state index contributed by atoms with van der Waals surface area (Å²) in [6.45, 7) is 1.77. The lowest BCUT2D eigenvalue weighted by molar-refractivity contribution is -0.121. The Bertz CT molecular complexity index is 1010. The second kappa shape index (κ2) is 9.36. The summed E-state index contributed by atoms with van der Waals surface area (Å²) in [5, 5.41) is 5.87. The van der Waals surface area contributed by atoms with E-state index < -0.39 is 10.0 Å². The first-order chi connectivity index (χ1) is 13.5. The van der Waals surface area contributed by atoms with E-state index in [0.717, 1.165) is 13.0 Å². The van der Waals surface area contributed by atoms with Crippen molar-refractivity contribution in [3.8, 4) is 0 Å². The molecule has 2 aromatic heterocycles. The summed E-state index contributed by atoms with van der Waals surface area (Å²) in [5.41, 5.74) is 1.20. The van der Waals surface area contributed by atoms with E-state index in [2.05, 4.69) is 34.3 Å². The summed E-state index contributed by atoms with van der Waals surface area (Å²) in [6, 6.07) is 13.6. The fourth-order valence-corrected chi connectivity index (χ4v) is 5.46. The standard InChI is InChI=1S/C20H25N3O3S2/c1-22(28(25,26)20-10-5-16-27-20)13-4-9-19(24)21-12-6-14-23-15-11-17-7-2-3-8-18(17)23/h2-3,5,7-8,10-11,15-16H,4,6,9,12-14H2,1H3,(H,21,24). The molecule has 1 aromatic carbocycles. The lowest BCUT2D eigenvalue weighted by atomic mass is 10.2. The predicted molar refractivity (Wildman–Crippen MR) is 113 cm³/mol. The highest BCUT2D eigenvalue weighted by molar-refractivity contribution is 7.91. The number of hydrogen-bond donors (Lipinski definition) is 1. The number of thiophene rings is 1. The van der Waals surface area contributed by atoms with E-state index >= 15 is 0 Å². The summed E-state index contributed by atoms with van der Waals surface area (Å²) in [6.07, 6.45) is 3.72. The minimum atomic E-state index is -3.44. The molecule has 1 amide bonds. The Morgan fingerprint density at radius 1 is 1.14 bits per heavy atom. The van der Waals surface area contributed by atoms with Gasteiger partial charge < -0.3 is 9.88 Å². The highest BCUT2D eigenvalue weighted by Gasteiger charge is 2.21. The molecule has 0 fully saturated rings. The molecule has 3 aromatic rings. The van der Waals surface area contributed by atoms with Gasteiger partial charge in [0.25, 0.3) is 10.0 Å². The predicted octanol–water partition coefficient (Wildman–Crippen LogP) is 3.31. The second-order valence-corrected chi connectivity index (χ2v) is 9.85. The van der Waals surface area contributed by atoms with Crippen LogP contribution in [0.5, 0.6) is 0 Å². The van der Waals surface area contributed by atoms with E-state index in [-0.39, 0.29) is 5.91 Å². The molecule has 0 spiro atoms. The number of amides is 1. The van der Waals surface area contributed by atoms with Gasteiger partial charge in [-0.25, -0.2) is 12.7 Å². The van der Waals surface area contributed by atoms with Crippen LogP contribution in [0.25, 0.3) is 10.9 Å². The van der Waals surface area contributed by atoms with Crippen molar-refractivity contribution in [2.45, 2.75) is 30.0 Å². The maximum atomic E-state index is 12.3. The van der Waals surface area contributed by atoms with Gasteiger partial charge in [-0.3, -0.25) is 4.79 Å². The maximum Gasteiger partial charge on any atom is 0.252 e. The van der Waals surface area contributed by atoms with Crippen molar-refractivity contribution in [1.29, 1.82) is 0 Å². The first-order valence-corrected chi connectivity index (χ1v) is 11.6. The van der Waals surface area contributed by atoms with Gasteiger partial charge in [0, 0.05) is 44.8 Å². The van der Waals surface area contributed by atoms with Crippen LogP contribution in [0.3, 0.4) is 0 Å². The molecule has 0 aliphatic carbocycles. The first-order valence-electron chi connectivity index (χ1n) is 9.29.